The van der Waals surface area contributed by atoms with Crippen molar-refractivity contribution < 1.29 is 0 Å². The second kappa shape index (κ2) is 7.09. The van der Waals surface area contributed by atoms with Crippen molar-refractivity contribution >= 4 is 11.1 Å². The van der Waals surface area contributed by atoms with Gasteiger partial charge in [-0.15, -0.1) is 0 Å². The van der Waals surface area contributed by atoms with E-state index in [-0.39, 0.29) is 17.6 Å². The van der Waals surface area contributed by atoms with E-state index in [9.17, 15) is 10.5 Å². The lowest BCUT2D eigenvalue weighted by molar-refractivity contribution is 0.795. The fourth-order valence-corrected chi connectivity index (χ4v) is 2.77. The first-order chi connectivity index (χ1) is 11.2. The van der Waals surface area contributed by atoms with E-state index in [1.54, 1.807) is 0 Å². The molecule has 23 heavy (non-hydrogen) atoms. The van der Waals surface area contributed by atoms with Gasteiger partial charge in [0.25, 0.3) is 0 Å². The maximum absolute atomic E-state index is 9.19. The summed E-state index contributed by atoms with van der Waals surface area (Å²) in [7, 11) is 0. The molecule has 0 spiro atoms. The second-order valence-corrected chi connectivity index (χ2v) is 5.31. The van der Waals surface area contributed by atoms with Crippen LogP contribution in [0.25, 0.3) is 11.1 Å². The molecule has 1 aromatic carbocycles. The van der Waals surface area contributed by atoms with Crippen molar-refractivity contribution in [3.63, 3.8) is 0 Å². The van der Waals surface area contributed by atoms with Crippen molar-refractivity contribution in [2.45, 2.75) is 32.6 Å². The van der Waals surface area contributed by atoms with Crippen LogP contribution in [0.3, 0.4) is 0 Å². The summed E-state index contributed by atoms with van der Waals surface area (Å²) in [5.74, 6) is 0. The third-order valence-corrected chi connectivity index (χ3v) is 3.96. The lowest BCUT2D eigenvalue weighted by atomic mass is 9.98. The standard InChI is InChI=1S/C19H14N4/c1-2-3-4-13-5-6-16-17(14(9-20)10-21)8-18(19(16)7-13)15(11-22)12-23/h5-7H,2-4,8H2,1H3. The van der Waals surface area contributed by atoms with Gasteiger partial charge in [-0.25, -0.2) is 0 Å². The van der Waals surface area contributed by atoms with E-state index in [0.29, 0.717) is 11.1 Å². The number of allylic oxidation sites excluding steroid dienone is 4. The lowest BCUT2D eigenvalue weighted by Crippen LogP contribution is -1.90. The molecule has 110 valence electrons. The zero-order chi connectivity index (χ0) is 16.8. The van der Waals surface area contributed by atoms with Gasteiger partial charge in [0.2, 0.25) is 0 Å². The number of benzene rings is 1. The van der Waals surface area contributed by atoms with Gasteiger partial charge in [0.1, 0.15) is 35.4 Å². The van der Waals surface area contributed by atoms with Crippen LogP contribution in [0.4, 0.5) is 0 Å². The van der Waals surface area contributed by atoms with Crippen LogP contribution in [0, 0.1) is 45.3 Å². The summed E-state index contributed by atoms with van der Waals surface area (Å²) in [6.45, 7) is 2.12. The zero-order valence-corrected chi connectivity index (χ0v) is 12.8. The summed E-state index contributed by atoms with van der Waals surface area (Å²) in [5.41, 5.74) is 4.01. The van der Waals surface area contributed by atoms with E-state index >= 15 is 0 Å². The highest BCUT2D eigenvalue weighted by Gasteiger charge is 2.27. The predicted octanol–water partition coefficient (Wildman–Crippen LogP) is 4.03. The number of unbranched alkanes of at least 4 members (excludes halogenated alkanes) is 1. The minimum absolute atomic E-state index is 0.0396. The van der Waals surface area contributed by atoms with Crippen molar-refractivity contribution in [2.75, 3.05) is 0 Å². The maximum Gasteiger partial charge on any atom is 0.133 e. The monoisotopic (exact) mass is 298 g/mol. The average Bonchev–Trinajstić information content (AvgIpc) is 2.94. The third kappa shape index (κ3) is 2.98. The van der Waals surface area contributed by atoms with Crippen LogP contribution >= 0.6 is 0 Å². The normalized spacial score (nSPS) is 11.7. The van der Waals surface area contributed by atoms with Gasteiger partial charge in [-0.3, -0.25) is 0 Å². The van der Waals surface area contributed by atoms with Gasteiger partial charge >= 0.3 is 0 Å². The molecule has 1 aromatic rings. The zero-order valence-electron chi connectivity index (χ0n) is 12.8. The molecule has 0 amide bonds. The molecule has 1 aliphatic rings. The van der Waals surface area contributed by atoms with Gasteiger partial charge in [-0.2, -0.15) is 21.0 Å². The van der Waals surface area contributed by atoms with Crippen molar-refractivity contribution in [3.05, 3.63) is 46.0 Å². The molecule has 0 aliphatic heterocycles. The van der Waals surface area contributed by atoms with Crippen LogP contribution in [0.1, 0.15) is 42.9 Å². The van der Waals surface area contributed by atoms with Crippen LogP contribution in [0.2, 0.25) is 0 Å². The smallest absolute Gasteiger partial charge is 0.133 e. The van der Waals surface area contributed by atoms with Crippen LogP contribution in [0.15, 0.2) is 29.3 Å². The molecule has 0 radical (unpaired) electrons. The van der Waals surface area contributed by atoms with Gasteiger partial charge in [0.15, 0.2) is 0 Å². The summed E-state index contributed by atoms with van der Waals surface area (Å²) >= 11 is 0. The molecule has 0 unspecified atom stereocenters. The Morgan fingerprint density at radius 3 is 2.00 bits per heavy atom. The molecule has 0 saturated heterocycles. The first-order valence-corrected chi connectivity index (χ1v) is 7.40. The van der Waals surface area contributed by atoms with E-state index in [1.807, 2.05) is 42.5 Å². The number of aryl methyl sites for hydroxylation is 1. The molecule has 0 fully saturated rings. The van der Waals surface area contributed by atoms with E-state index in [1.165, 1.54) is 0 Å². The Morgan fingerprint density at radius 1 is 0.913 bits per heavy atom. The highest BCUT2D eigenvalue weighted by molar-refractivity contribution is 5.98. The van der Waals surface area contributed by atoms with Crippen LogP contribution in [-0.2, 0) is 6.42 Å². The number of hydrogen-bond donors (Lipinski definition) is 0. The highest BCUT2D eigenvalue weighted by atomic mass is 14.4. The average molecular weight is 298 g/mol. The van der Waals surface area contributed by atoms with Crippen LogP contribution in [0.5, 0.6) is 0 Å². The number of hydrogen-bond acceptors (Lipinski definition) is 4. The summed E-state index contributed by atoms with van der Waals surface area (Å²) < 4.78 is 0. The largest absolute Gasteiger partial charge is 0.192 e. The topological polar surface area (TPSA) is 95.2 Å². The second-order valence-electron chi connectivity index (χ2n) is 5.31. The summed E-state index contributed by atoms with van der Waals surface area (Å²) in [4.78, 5) is 0. The number of rotatable bonds is 3. The first-order valence-electron chi connectivity index (χ1n) is 7.40. The van der Waals surface area contributed by atoms with Crippen molar-refractivity contribution in [3.8, 4) is 24.3 Å². The van der Waals surface area contributed by atoms with Gasteiger partial charge in [0.05, 0.1) is 0 Å². The van der Waals surface area contributed by atoms with Crippen molar-refractivity contribution in [1.29, 1.82) is 21.0 Å². The third-order valence-electron chi connectivity index (χ3n) is 3.96. The molecule has 1 aliphatic carbocycles. The Balaban J connectivity index is 2.70. The van der Waals surface area contributed by atoms with Crippen molar-refractivity contribution in [2.24, 2.45) is 0 Å². The van der Waals surface area contributed by atoms with Gasteiger partial charge in [0, 0.05) is 6.42 Å². The molecule has 0 N–H and O–H groups in total. The quantitative estimate of drug-likeness (QED) is 0.787. The molecule has 4 heteroatoms. The minimum Gasteiger partial charge on any atom is -0.192 e. The minimum atomic E-state index is 0.0396. The Morgan fingerprint density at radius 2 is 1.48 bits per heavy atom. The fourth-order valence-electron chi connectivity index (χ4n) is 2.77. The Bertz CT molecular complexity index is 842. The molecule has 0 aromatic heterocycles. The predicted molar refractivity (Wildman–Crippen MR) is 86.0 cm³/mol. The number of fused-ring (bicyclic) bond motifs is 1. The molecule has 4 nitrogen and oxygen atoms in total. The summed E-state index contributed by atoms with van der Waals surface area (Å²) in [5, 5.41) is 36.7. The number of nitrogens with zero attached hydrogens (tertiary/aromatic N) is 4. The van der Waals surface area contributed by atoms with E-state index in [4.69, 9.17) is 10.5 Å². The van der Waals surface area contributed by atoms with E-state index in [0.717, 1.165) is 36.0 Å². The molecule has 2 rings (SSSR count). The molecule has 0 bridgehead atoms. The van der Waals surface area contributed by atoms with Crippen molar-refractivity contribution in [1.82, 2.24) is 0 Å². The Hall–Kier alpha value is -3.34. The van der Waals surface area contributed by atoms with E-state index < -0.39 is 0 Å². The van der Waals surface area contributed by atoms with Crippen LogP contribution in [-0.4, -0.2) is 0 Å². The van der Waals surface area contributed by atoms with E-state index in [2.05, 4.69) is 6.92 Å². The lowest BCUT2D eigenvalue weighted by Gasteiger charge is -2.06. The molecule has 0 atom stereocenters. The Labute approximate surface area is 135 Å². The van der Waals surface area contributed by atoms with Crippen LogP contribution < -0.4 is 0 Å². The first kappa shape index (κ1) is 16.0. The van der Waals surface area contributed by atoms with Gasteiger partial charge in [-0.1, -0.05) is 31.5 Å². The molecular weight excluding hydrogens is 284 g/mol. The molecular formula is C19H14N4. The highest BCUT2D eigenvalue weighted by Crippen LogP contribution is 2.43. The van der Waals surface area contributed by atoms with Gasteiger partial charge in [-0.05, 0) is 40.7 Å². The number of nitriles is 4. The summed E-state index contributed by atoms with van der Waals surface area (Å²) in [6.07, 6.45) is 3.35. The van der Waals surface area contributed by atoms with Gasteiger partial charge < -0.3 is 0 Å². The fraction of sp³-hybridized carbons (Fsp3) is 0.263. The molecule has 0 heterocycles. The SMILES string of the molecule is CCCCc1ccc2c(c1)C(=C(C#N)C#N)CC2=C(C#N)C#N. The summed E-state index contributed by atoms with van der Waals surface area (Å²) in [6, 6.07) is 13.5. The maximum atomic E-state index is 9.19. The Kier molecular flexibility index (Phi) is 4.94. The molecule has 0 saturated carbocycles.